The fourth-order valence-corrected chi connectivity index (χ4v) is 3.78. The van der Waals surface area contributed by atoms with E-state index in [-0.39, 0.29) is 30.2 Å². The molecule has 2 amide bonds. The summed E-state index contributed by atoms with van der Waals surface area (Å²) in [6, 6.07) is 4.51. The minimum Gasteiger partial charge on any atom is -0.482 e. The number of piperidine rings is 1. The molecule has 27 heavy (non-hydrogen) atoms. The van der Waals surface area contributed by atoms with E-state index in [1.165, 1.54) is 11.8 Å². The van der Waals surface area contributed by atoms with Crippen LogP contribution in [0.3, 0.4) is 0 Å². The number of rotatable bonds is 4. The van der Waals surface area contributed by atoms with Gasteiger partial charge in [0.1, 0.15) is 11.8 Å². The predicted molar refractivity (Wildman–Crippen MR) is 102 cm³/mol. The SMILES string of the molecule is CC(=O)c1ccc2c(c1)N(C(C)C(=O)N(C)C1CCN(C)CC1)C(=O)CO2. The van der Waals surface area contributed by atoms with E-state index in [0.717, 1.165) is 25.9 Å². The molecule has 3 rings (SSSR count). The van der Waals surface area contributed by atoms with Gasteiger partial charge >= 0.3 is 0 Å². The Morgan fingerprint density at radius 1 is 1.26 bits per heavy atom. The van der Waals surface area contributed by atoms with E-state index in [0.29, 0.717) is 17.0 Å². The molecule has 1 aromatic rings. The van der Waals surface area contributed by atoms with E-state index in [4.69, 9.17) is 4.74 Å². The molecule has 1 saturated heterocycles. The summed E-state index contributed by atoms with van der Waals surface area (Å²) >= 11 is 0. The van der Waals surface area contributed by atoms with Gasteiger partial charge < -0.3 is 14.5 Å². The average Bonchev–Trinajstić information content (AvgIpc) is 2.66. The van der Waals surface area contributed by atoms with Crippen molar-refractivity contribution >= 4 is 23.3 Å². The van der Waals surface area contributed by atoms with Crippen LogP contribution in [0.25, 0.3) is 0 Å². The number of anilines is 1. The van der Waals surface area contributed by atoms with E-state index in [9.17, 15) is 14.4 Å². The number of likely N-dealkylation sites (N-methyl/N-ethyl adjacent to an activating group) is 1. The molecule has 0 aromatic heterocycles. The number of fused-ring (bicyclic) bond motifs is 1. The number of benzene rings is 1. The molecule has 0 aliphatic carbocycles. The molecule has 0 saturated carbocycles. The van der Waals surface area contributed by atoms with Gasteiger partial charge in [-0.3, -0.25) is 19.3 Å². The van der Waals surface area contributed by atoms with Crippen molar-refractivity contribution < 1.29 is 19.1 Å². The lowest BCUT2D eigenvalue weighted by Gasteiger charge is -2.39. The van der Waals surface area contributed by atoms with Crippen molar-refractivity contribution in [3.05, 3.63) is 23.8 Å². The highest BCUT2D eigenvalue weighted by Gasteiger charge is 2.36. The molecular weight excluding hydrogens is 346 g/mol. The number of nitrogens with zero attached hydrogens (tertiary/aromatic N) is 3. The topological polar surface area (TPSA) is 70.2 Å². The molecule has 7 heteroatoms. The van der Waals surface area contributed by atoms with Crippen molar-refractivity contribution in [3.8, 4) is 5.75 Å². The number of amides is 2. The Balaban J connectivity index is 1.84. The third-order valence-electron chi connectivity index (χ3n) is 5.57. The molecule has 0 spiro atoms. The molecule has 0 bridgehead atoms. The van der Waals surface area contributed by atoms with Crippen LogP contribution in [0.15, 0.2) is 18.2 Å². The molecule has 1 aromatic carbocycles. The Bertz CT molecular complexity index is 756. The number of ketones is 1. The second kappa shape index (κ2) is 7.68. The second-order valence-electron chi connectivity index (χ2n) is 7.45. The summed E-state index contributed by atoms with van der Waals surface area (Å²) in [5, 5.41) is 0. The van der Waals surface area contributed by atoms with Gasteiger partial charge in [0, 0.05) is 18.7 Å². The van der Waals surface area contributed by atoms with Crippen LogP contribution in [0.1, 0.15) is 37.0 Å². The maximum absolute atomic E-state index is 13.1. The van der Waals surface area contributed by atoms with Gasteiger partial charge in [0.25, 0.3) is 5.91 Å². The van der Waals surface area contributed by atoms with Gasteiger partial charge in [0.15, 0.2) is 12.4 Å². The summed E-state index contributed by atoms with van der Waals surface area (Å²) in [5.74, 6) is 0.0409. The number of hydrogen-bond acceptors (Lipinski definition) is 5. The van der Waals surface area contributed by atoms with Crippen molar-refractivity contribution in [2.45, 2.75) is 38.8 Å². The number of ether oxygens (including phenoxy) is 1. The van der Waals surface area contributed by atoms with Gasteiger partial charge in [-0.15, -0.1) is 0 Å². The lowest BCUT2D eigenvalue weighted by atomic mass is 10.0. The normalized spacial score (nSPS) is 19.3. The number of likely N-dealkylation sites (tertiary alicyclic amines) is 1. The first kappa shape index (κ1) is 19.4. The highest BCUT2D eigenvalue weighted by molar-refractivity contribution is 6.05. The Kier molecular flexibility index (Phi) is 5.51. The van der Waals surface area contributed by atoms with Crippen molar-refractivity contribution in [2.75, 3.05) is 38.7 Å². The standard InChI is InChI=1S/C20H27N3O4/c1-13(20(26)22(4)16-7-9-21(3)10-8-16)23-17-11-15(14(2)24)5-6-18(17)27-12-19(23)25/h5-6,11,13,16H,7-10,12H2,1-4H3. The zero-order valence-electron chi connectivity index (χ0n) is 16.4. The van der Waals surface area contributed by atoms with Crippen LogP contribution in [0.2, 0.25) is 0 Å². The summed E-state index contributed by atoms with van der Waals surface area (Å²) in [7, 11) is 3.89. The van der Waals surface area contributed by atoms with Crippen molar-refractivity contribution in [1.29, 1.82) is 0 Å². The molecule has 0 N–H and O–H groups in total. The Labute approximate surface area is 159 Å². The van der Waals surface area contributed by atoms with Crippen LogP contribution in [0, 0.1) is 0 Å². The summed E-state index contributed by atoms with van der Waals surface area (Å²) < 4.78 is 5.49. The number of carbonyl (C=O) groups excluding carboxylic acids is 3. The first-order valence-corrected chi connectivity index (χ1v) is 9.34. The van der Waals surface area contributed by atoms with E-state index in [1.54, 1.807) is 30.0 Å². The Morgan fingerprint density at radius 3 is 2.56 bits per heavy atom. The summed E-state index contributed by atoms with van der Waals surface area (Å²) in [6.07, 6.45) is 1.85. The van der Waals surface area contributed by atoms with E-state index < -0.39 is 6.04 Å². The summed E-state index contributed by atoms with van der Waals surface area (Å²) in [5.41, 5.74) is 0.969. The van der Waals surface area contributed by atoms with Gasteiger partial charge in [-0.1, -0.05) is 0 Å². The maximum atomic E-state index is 13.1. The minimum absolute atomic E-state index is 0.0982. The molecule has 2 heterocycles. The van der Waals surface area contributed by atoms with Crippen molar-refractivity contribution in [1.82, 2.24) is 9.80 Å². The first-order chi connectivity index (χ1) is 12.8. The van der Waals surface area contributed by atoms with Gasteiger partial charge in [0.2, 0.25) is 5.91 Å². The minimum atomic E-state index is -0.660. The van der Waals surface area contributed by atoms with Gasteiger partial charge in [-0.2, -0.15) is 0 Å². The lowest BCUT2D eigenvalue weighted by Crippen LogP contribution is -2.54. The van der Waals surface area contributed by atoms with Gasteiger partial charge in [-0.25, -0.2) is 0 Å². The zero-order chi connectivity index (χ0) is 19.7. The fraction of sp³-hybridized carbons (Fsp3) is 0.550. The van der Waals surface area contributed by atoms with Gasteiger partial charge in [-0.05, 0) is 65.0 Å². The molecule has 2 aliphatic rings. The Morgan fingerprint density at radius 2 is 1.93 bits per heavy atom. The van der Waals surface area contributed by atoms with Crippen LogP contribution in [-0.4, -0.2) is 73.3 Å². The van der Waals surface area contributed by atoms with Crippen LogP contribution in [0.4, 0.5) is 5.69 Å². The van der Waals surface area contributed by atoms with E-state index in [1.807, 2.05) is 7.05 Å². The van der Waals surface area contributed by atoms with Crippen molar-refractivity contribution in [3.63, 3.8) is 0 Å². The van der Waals surface area contributed by atoms with Crippen LogP contribution in [-0.2, 0) is 9.59 Å². The summed E-state index contributed by atoms with van der Waals surface area (Å²) in [6.45, 7) is 5.01. The average molecular weight is 373 g/mol. The first-order valence-electron chi connectivity index (χ1n) is 9.34. The summed E-state index contributed by atoms with van der Waals surface area (Å²) in [4.78, 5) is 42.9. The molecule has 146 valence electrons. The fourth-order valence-electron chi connectivity index (χ4n) is 3.78. The largest absolute Gasteiger partial charge is 0.482 e. The lowest BCUT2D eigenvalue weighted by molar-refractivity contribution is -0.136. The maximum Gasteiger partial charge on any atom is 0.265 e. The van der Waals surface area contributed by atoms with Gasteiger partial charge in [0.05, 0.1) is 5.69 Å². The van der Waals surface area contributed by atoms with Crippen LogP contribution < -0.4 is 9.64 Å². The monoisotopic (exact) mass is 373 g/mol. The van der Waals surface area contributed by atoms with E-state index >= 15 is 0 Å². The second-order valence-corrected chi connectivity index (χ2v) is 7.45. The molecule has 1 atom stereocenters. The van der Waals surface area contributed by atoms with Crippen molar-refractivity contribution in [2.24, 2.45) is 0 Å². The molecule has 0 radical (unpaired) electrons. The highest BCUT2D eigenvalue weighted by Crippen LogP contribution is 2.35. The quantitative estimate of drug-likeness (QED) is 0.749. The third-order valence-corrected chi connectivity index (χ3v) is 5.57. The number of Topliss-reactive ketones (excluding diaryl/α,β-unsaturated/α-hetero) is 1. The molecule has 7 nitrogen and oxygen atoms in total. The Hall–Kier alpha value is -2.41. The highest BCUT2D eigenvalue weighted by atomic mass is 16.5. The molecule has 1 unspecified atom stereocenters. The van der Waals surface area contributed by atoms with Crippen LogP contribution in [0.5, 0.6) is 5.75 Å². The molecule has 2 aliphatic heterocycles. The molecular formula is C20H27N3O4. The zero-order valence-corrected chi connectivity index (χ0v) is 16.4. The number of carbonyl (C=O) groups is 3. The smallest absolute Gasteiger partial charge is 0.265 e. The van der Waals surface area contributed by atoms with Crippen LogP contribution >= 0.6 is 0 Å². The van der Waals surface area contributed by atoms with E-state index in [2.05, 4.69) is 11.9 Å². The molecule has 1 fully saturated rings. The third kappa shape index (κ3) is 3.83. The predicted octanol–water partition coefficient (Wildman–Crippen LogP) is 1.56. The number of hydrogen-bond donors (Lipinski definition) is 0.